The Morgan fingerprint density at radius 2 is 2.06 bits per heavy atom. The van der Waals surface area contributed by atoms with Gasteiger partial charge in [-0.3, -0.25) is 15.1 Å². The largest absolute Gasteiger partial charge is 0.303 e. The van der Waals surface area contributed by atoms with Gasteiger partial charge in [-0.15, -0.1) is 0 Å². The summed E-state index contributed by atoms with van der Waals surface area (Å²) in [6, 6.07) is 5.03. The molecule has 1 aromatic carbocycles. The number of rotatable bonds is 2. The second-order valence-electron chi connectivity index (χ2n) is 3.69. The van der Waals surface area contributed by atoms with Crippen LogP contribution in [0.2, 0.25) is 0 Å². The summed E-state index contributed by atoms with van der Waals surface area (Å²) in [5.41, 5.74) is 4.39. The van der Waals surface area contributed by atoms with Gasteiger partial charge in [0.2, 0.25) is 0 Å². The van der Waals surface area contributed by atoms with Crippen LogP contribution in [0.5, 0.6) is 0 Å². The Labute approximate surface area is 96.6 Å². The third-order valence-corrected chi connectivity index (χ3v) is 2.74. The molecule has 17 heavy (non-hydrogen) atoms. The molecule has 0 amide bonds. The molecule has 0 aromatic heterocycles. The Morgan fingerprint density at radius 3 is 2.59 bits per heavy atom. The van der Waals surface area contributed by atoms with Gasteiger partial charge in [0.25, 0.3) is 5.54 Å². The van der Waals surface area contributed by atoms with Crippen molar-refractivity contribution in [3.63, 3.8) is 0 Å². The smallest absolute Gasteiger partial charge is 0.300 e. The summed E-state index contributed by atoms with van der Waals surface area (Å²) in [7, 11) is 0. The molecule has 0 saturated heterocycles. The van der Waals surface area contributed by atoms with Gasteiger partial charge in [-0.05, 0) is 30.3 Å². The van der Waals surface area contributed by atoms with E-state index in [1.165, 1.54) is 42.6 Å². The molecule has 0 spiro atoms. The first-order chi connectivity index (χ1) is 8.07. The predicted octanol–water partition coefficient (Wildman–Crippen LogP) is 1.22. The van der Waals surface area contributed by atoms with Gasteiger partial charge in [-0.2, -0.15) is 0 Å². The van der Waals surface area contributed by atoms with Crippen molar-refractivity contribution in [2.45, 2.75) is 11.7 Å². The van der Waals surface area contributed by atoms with E-state index in [1.54, 1.807) is 0 Å². The third-order valence-electron chi connectivity index (χ3n) is 2.74. The molecule has 0 radical (unpaired) electrons. The van der Waals surface area contributed by atoms with Crippen molar-refractivity contribution >= 4 is 6.21 Å². The lowest BCUT2D eigenvalue weighted by Gasteiger charge is -2.27. The summed E-state index contributed by atoms with van der Waals surface area (Å²) in [5, 5.41) is 11.3. The van der Waals surface area contributed by atoms with Crippen LogP contribution in [0, 0.1) is 15.9 Å². The number of allylic oxidation sites excluding steroid dienone is 1. The summed E-state index contributed by atoms with van der Waals surface area (Å²) in [4.78, 5) is 14.6. The van der Waals surface area contributed by atoms with Crippen LogP contribution < -0.4 is 5.73 Å². The standard InChI is InChI=1S/C11H10FN3O2/c12-9-4-2-8(3-5-9)11(15(16)17)6-1-7-14-10(11)13/h1-7,10H,13H2. The molecule has 0 saturated carbocycles. The van der Waals surface area contributed by atoms with Crippen molar-refractivity contribution in [3.05, 3.63) is 57.9 Å². The molecule has 1 aromatic rings. The van der Waals surface area contributed by atoms with E-state index in [9.17, 15) is 14.5 Å². The molecule has 0 bridgehead atoms. The molecule has 0 aliphatic carbocycles. The van der Waals surface area contributed by atoms with E-state index in [1.807, 2.05) is 0 Å². The maximum atomic E-state index is 12.8. The summed E-state index contributed by atoms with van der Waals surface area (Å²) in [6.07, 6.45) is 3.23. The lowest BCUT2D eigenvalue weighted by molar-refractivity contribution is -0.567. The van der Waals surface area contributed by atoms with Gasteiger partial charge in [0.1, 0.15) is 5.82 Å². The van der Waals surface area contributed by atoms with E-state index in [0.717, 1.165) is 0 Å². The highest BCUT2D eigenvalue weighted by Crippen LogP contribution is 2.31. The lowest BCUT2D eigenvalue weighted by Crippen LogP contribution is -2.50. The first-order valence-electron chi connectivity index (χ1n) is 4.94. The van der Waals surface area contributed by atoms with Gasteiger partial charge in [0, 0.05) is 22.8 Å². The van der Waals surface area contributed by atoms with Gasteiger partial charge >= 0.3 is 0 Å². The minimum Gasteiger partial charge on any atom is -0.303 e. The number of halogens is 1. The second kappa shape index (κ2) is 4.06. The van der Waals surface area contributed by atoms with Crippen molar-refractivity contribution in [2.75, 3.05) is 0 Å². The van der Waals surface area contributed by atoms with Gasteiger partial charge < -0.3 is 5.73 Å². The number of nitrogens with zero attached hydrogens (tertiary/aromatic N) is 2. The highest BCUT2D eigenvalue weighted by Gasteiger charge is 2.49. The van der Waals surface area contributed by atoms with Crippen LogP contribution >= 0.6 is 0 Å². The molecule has 5 nitrogen and oxygen atoms in total. The van der Waals surface area contributed by atoms with E-state index in [2.05, 4.69) is 4.99 Å². The molecule has 6 heteroatoms. The maximum Gasteiger partial charge on any atom is 0.300 e. The van der Waals surface area contributed by atoms with E-state index in [0.29, 0.717) is 5.56 Å². The second-order valence-corrected chi connectivity index (χ2v) is 3.69. The third kappa shape index (κ3) is 1.72. The lowest BCUT2D eigenvalue weighted by atomic mass is 9.86. The molecule has 2 rings (SSSR count). The molecule has 2 atom stereocenters. The molecule has 1 aliphatic rings. The van der Waals surface area contributed by atoms with Crippen LogP contribution in [0.15, 0.2) is 41.4 Å². The van der Waals surface area contributed by atoms with Crippen LogP contribution in [0.25, 0.3) is 0 Å². The van der Waals surface area contributed by atoms with Crippen LogP contribution in [-0.4, -0.2) is 17.3 Å². The van der Waals surface area contributed by atoms with Crippen molar-refractivity contribution in [1.29, 1.82) is 0 Å². The zero-order valence-electron chi connectivity index (χ0n) is 8.79. The average Bonchev–Trinajstić information content (AvgIpc) is 2.31. The van der Waals surface area contributed by atoms with Crippen molar-refractivity contribution in [1.82, 2.24) is 0 Å². The number of benzene rings is 1. The summed E-state index contributed by atoms with van der Waals surface area (Å²) >= 11 is 0. The van der Waals surface area contributed by atoms with Crippen molar-refractivity contribution in [2.24, 2.45) is 10.7 Å². The fraction of sp³-hybridized carbons (Fsp3) is 0.182. The normalized spacial score (nSPS) is 27.1. The Morgan fingerprint density at radius 1 is 1.41 bits per heavy atom. The summed E-state index contributed by atoms with van der Waals surface area (Å²) in [5.74, 6) is -0.455. The number of hydrogen-bond acceptors (Lipinski definition) is 4. The molecule has 88 valence electrons. The zero-order chi connectivity index (χ0) is 12.5. The maximum absolute atomic E-state index is 12.8. The van der Waals surface area contributed by atoms with E-state index in [4.69, 9.17) is 5.73 Å². The van der Waals surface area contributed by atoms with Crippen LogP contribution in [-0.2, 0) is 5.54 Å². The fourth-order valence-electron chi connectivity index (χ4n) is 1.80. The molecular formula is C11H10FN3O2. The molecule has 2 unspecified atom stereocenters. The van der Waals surface area contributed by atoms with Gasteiger partial charge in [0.15, 0.2) is 6.17 Å². The Kier molecular flexibility index (Phi) is 2.72. The van der Waals surface area contributed by atoms with Gasteiger partial charge in [-0.1, -0.05) is 0 Å². The number of dihydropyridines is 1. The van der Waals surface area contributed by atoms with Crippen LogP contribution in [0.1, 0.15) is 5.56 Å². The quantitative estimate of drug-likeness (QED) is 0.618. The number of nitro groups is 1. The predicted molar refractivity (Wildman–Crippen MR) is 60.7 cm³/mol. The average molecular weight is 235 g/mol. The van der Waals surface area contributed by atoms with Crippen molar-refractivity contribution < 1.29 is 9.31 Å². The van der Waals surface area contributed by atoms with Crippen LogP contribution in [0.3, 0.4) is 0 Å². The van der Waals surface area contributed by atoms with E-state index in [-0.39, 0.29) is 0 Å². The van der Waals surface area contributed by atoms with Crippen LogP contribution in [0.4, 0.5) is 4.39 Å². The van der Waals surface area contributed by atoms with E-state index < -0.39 is 22.4 Å². The number of aliphatic imine (C=N–C) groups is 1. The molecule has 0 fully saturated rings. The Balaban J connectivity index is 2.56. The topological polar surface area (TPSA) is 81.5 Å². The molecule has 2 N–H and O–H groups in total. The molecular weight excluding hydrogens is 225 g/mol. The number of nitrogens with two attached hydrogens (primary N) is 1. The highest BCUT2D eigenvalue weighted by molar-refractivity contribution is 5.73. The molecule has 1 aliphatic heterocycles. The minimum absolute atomic E-state index is 0.310. The summed E-state index contributed by atoms with van der Waals surface area (Å²) in [6.45, 7) is 0. The van der Waals surface area contributed by atoms with Gasteiger partial charge in [0.05, 0.1) is 0 Å². The Hall–Kier alpha value is -2.08. The highest BCUT2D eigenvalue weighted by atomic mass is 19.1. The monoisotopic (exact) mass is 235 g/mol. The zero-order valence-corrected chi connectivity index (χ0v) is 8.79. The fourth-order valence-corrected chi connectivity index (χ4v) is 1.80. The Bertz CT molecular complexity index is 498. The number of hydrogen-bond donors (Lipinski definition) is 1. The SMILES string of the molecule is NC1N=CC=CC1(c1ccc(F)cc1)[N+](=O)[O-]. The van der Waals surface area contributed by atoms with E-state index >= 15 is 0 Å². The van der Waals surface area contributed by atoms with Crippen molar-refractivity contribution in [3.8, 4) is 0 Å². The van der Waals surface area contributed by atoms with Gasteiger partial charge in [-0.25, -0.2) is 4.39 Å². The summed E-state index contributed by atoms with van der Waals surface area (Å²) < 4.78 is 12.8. The first kappa shape index (κ1) is 11.4. The minimum atomic E-state index is -1.62. The first-order valence-corrected chi connectivity index (χ1v) is 4.94. The molecule has 1 heterocycles.